The molecule has 0 bridgehead atoms. The molecular formula is C14H20BrN3O. The highest BCUT2D eigenvalue weighted by Gasteiger charge is 2.28. The van der Waals surface area contributed by atoms with Crippen molar-refractivity contribution in [3.8, 4) is 0 Å². The molecule has 5 heteroatoms. The summed E-state index contributed by atoms with van der Waals surface area (Å²) in [6.07, 6.45) is 4.69. The van der Waals surface area contributed by atoms with Crippen LogP contribution in [0.25, 0.3) is 0 Å². The fraction of sp³-hybridized carbons (Fsp3) is 0.643. The van der Waals surface area contributed by atoms with E-state index in [1.54, 1.807) is 0 Å². The number of alkyl halides is 1. The van der Waals surface area contributed by atoms with Gasteiger partial charge in [0.2, 0.25) is 0 Å². The molecule has 2 rings (SSSR count). The number of hydrogen-bond donors (Lipinski definition) is 0. The summed E-state index contributed by atoms with van der Waals surface area (Å²) >= 11 is 3.45. The van der Waals surface area contributed by atoms with E-state index in [-0.39, 0.29) is 5.91 Å². The van der Waals surface area contributed by atoms with E-state index in [9.17, 15) is 4.79 Å². The van der Waals surface area contributed by atoms with E-state index >= 15 is 0 Å². The fourth-order valence-electron chi connectivity index (χ4n) is 2.68. The number of carbonyl (C=O) groups excluding carboxylic acids is 1. The lowest BCUT2D eigenvalue weighted by Gasteiger charge is -2.28. The minimum Gasteiger partial charge on any atom is -0.335 e. The molecule has 1 fully saturated rings. The number of rotatable bonds is 4. The highest BCUT2D eigenvalue weighted by atomic mass is 79.9. The summed E-state index contributed by atoms with van der Waals surface area (Å²) in [7, 11) is 0. The molecule has 0 N–H and O–H groups in total. The summed E-state index contributed by atoms with van der Waals surface area (Å²) in [4.78, 5) is 14.7. The van der Waals surface area contributed by atoms with Crippen LogP contribution in [0.4, 0.5) is 0 Å². The van der Waals surface area contributed by atoms with Crippen LogP contribution in [0.15, 0.2) is 6.07 Å². The van der Waals surface area contributed by atoms with Crippen molar-refractivity contribution in [1.29, 1.82) is 0 Å². The van der Waals surface area contributed by atoms with Crippen molar-refractivity contribution in [2.45, 2.75) is 45.6 Å². The van der Waals surface area contributed by atoms with Crippen LogP contribution in [0.5, 0.6) is 0 Å². The number of halogens is 1. The smallest absolute Gasteiger partial charge is 0.256 e. The first-order valence-corrected chi connectivity index (χ1v) is 7.93. The number of nitrogens with zero attached hydrogens (tertiary/aromatic N) is 3. The fourth-order valence-corrected chi connectivity index (χ4v) is 3.06. The predicted molar refractivity (Wildman–Crippen MR) is 78.6 cm³/mol. The molecule has 1 aliphatic rings. The quantitative estimate of drug-likeness (QED) is 0.799. The number of aromatic nitrogens is 2. The minimum atomic E-state index is 0.0989. The second-order valence-corrected chi connectivity index (χ2v) is 5.90. The first kappa shape index (κ1) is 14.4. The van der Waals surface area contributed by atoms with E-state index in [1.807, 2.05) is 24.8 Å². The van der Waals surface area contributed by atoms with Gasteiger partial charge in [-0.05, 0) is 32.8 Å². The summed E-state index contributed by atoms with van der Waals surface area (Å²) in [5.74, 6) is 0.0989. The third kappa shape index (κ3) is 3.32. The standard InChI is InChI=1S/C14H20BrN3O/c1-10-9-13(11(2)17-16-10)14(19)18(8-7-15)12-5-3-4-6-12/h9,12H,3-8H2,1-2H3. The van der Waals surface area contributed by atoms with Gasteiger partial charge in [-0.25, -0.2) is 0 Å². The van der Waals surface area contributed by atoms with Gasteiger partial charge in [-0.1, -0.05) is 28.8 Å². The van der Waals surface area contributed by atoms with Crippen molar-refractivity contribution in [3.05, 3.63) is 23.0 Å². The van der Waals surface area contributed by atoms with Gasteiger partial charge in [0.1, 0.15) is 0 Å². The van der Waals surface area contributed by atoms with Gasteiger partial charge < -0.3 is 4.90 Å². The average Bonchev–Trinajstić information content (AvgIpc) is 2.92. The Morgan fingerprint density at radius 2 is 2.05 bits per heavy atom. The first-order chi connectivity index (χ1) is 9.13. The van der Waals surface area contributed by atoms with Gasteiger partial charge in [0.25, 0.3) is 5.91 Å². The maximum Gasteiger partial charge on any atom is 0.256 e. The monoisotopic (exact) mass is 325 g/mol. The molecule has 1 aromatic heterocycles. The van der Waals surface area contributed by atoms with E-state index in [2.05, 4.69) is 26.1 Å². The van der Waals surface area contributed by atoms with E-state index in [0.29, 0.717) is 17.3 Å². The van der Waals surface area contributed by atoms with Crippen molar-refractivity contribution in [2.75, 3.05) is 11.9 Å². The summed E-state index contributed by atoms with van der Waals surface area (Å²) in [5, 5.41) is 8.87. The van der Waals surface area contributed by atoms with Crippen LogP contribution in [0.3, 0.4) is 0 Å². The Kier molecular flexibility index (Phi) is 4.91. The second-order valence-electron chi connectivity index (χ2n) is 5.11. The molecule has 0 aromatic carbocycles. The highest BCUT2D eigenvalue weighted by Crippen LogP contribution is 2.25. The van der Waals surface area contributed by atoms with E-state index in [1.165, 1.54) is 12.8 Å². The summed E-state index contributed by atoms with van der Waals surface area (Å²) < 4.78 is 0. The molecule has 1 amide bonds. The summed E-state index contributed by atoms with van der Waals surface area (Å²) in [5.41, 5.74) is 2.20. The predicted octanol–water partition coefficient (Wildman–Crippen LogP) is 2.87. The molecule has 104 valence electrons. The van der Waals surface area contributed by atoms with Crippen LogP contribution in [0.2, 0.25) is 0 Å². The lowest BCUT2D eigenvalue weighted by molar-refractivity contribution is 0.0694. The molecule has 1 aliphatic carbocycles. The zero-order valence-corrected chi connectivity index (χ0v) is 13.1. The third-order valence-electron chi connectivity index (χ3n) is 3.68. The van der Waals surface area contributed by atoms with Crippen LogP contribution in [0, 0.1) is 13.8 Å². The molecule has 0 saturated heterocycles. The zero-order valence-electron chi connectivity index (χ0n) is 11.5. The zero-order chi connectivity index (χ0) is 13.8. The van der Waals surface area contributed by atoms with Crippen LogP contribution in [-0.4, -0.2) is 38.9 Å². The Labute approximate surface area is 122 Å². The van der Waals surface area contributed by atoms with Crippen molar-refractivity contribution in [2.24, 2.45) is 0 Å². The SMILES string of the molecule is Cc1cc(C(=O)N(CCBr)C2CCCC2)c(C)nn1. The van der Waals surface area contributed by atoms with Crippen LogP contribution >= 0.6 is 15.9 Å². The Morgan fingerprint density at radius 1 is 1.37 bits per heavy atom. The largest absolute Gasteiger partial charge is 0.335 e. The molecule has 4 nitrogen and oxygen atoms in total. The van der Waals surface area contributed by atoms with Crippen molar-refractivity contribution in [1.82, 2.24) is 15.1 Å². The molecule has 19 heavy (non-hydrogen) atoms. The van der Waals surface area contributed by atoms with Gasteiger partial charge in [0.05, 0.1) is 17.0 Å². The second kappa shape index (κ2) is 6.46. The molecule has 1 saturated carbocycles. The minimum absolute atomic E-state index is 0.0989. The highest BCUT2D eigenvalue weighted by molar-refractivity contribution is 9.09. The number of amides is 1. The Bertz CT molecular complexity index is 458. The molecule has 1 heterocycles. The van der Waals surface area contributed by atoms with Crippen LogP contribution in [-0.2, 0) is 0 Å². The van der Waals surface area contributed by atoms with Gasteiger partial charge in [-0.15, -0.1) is 0 Å². The Hall–Kier alpha value is -0.970. The lowest BCUT2D eigenvalue weighted by atomic mass is 10.1. The Morgan fingerprint density at radius 3 is 2.68 bits per heavy atom. The first-order valence-electron chi connectivity index (χ1n) is 6.81. The van der Waals surface area contributed by atoms with Gasteiger partial charge in [-0.2, -0.15) is 10.2 Å². The Balaban J connectivity index is 2.25. The summed E-state index contributed by atoms with van der Waals surface area (Å²) in [6.45, 7) is 4.47. The van der Waals surface area contributed by atoms with E-state index in [4.69, 9.17) is 0 Å². The van der Waals surface area contributed by atoms with Gasteiger partial charge >= 0.3 is 0 Å². The maximum atomic E-state index is 12.7. The van der Waals surface area contributed by atoms with Gasteiger partial charge in [-0.3, -0.25) is 4.79 Å². The van der Waals surface area contributed by atoms with Gasteiger partial charge in [0.15, 0.2) is 0 Å². The van der Waals surface area contributed by atoms with E-state index < -0.39 is 0 Å². The molecule has 1 aromatic rings. The molecule has 0 atom stereocenters. The van der Waals surface area contributed by atoms with Gasteiger partial charge in [0, 0.05) is 17.9 Å². The number of aryl methyl sites for hydroxylation is 2. The average molecular weight is 326 g/mol. The third-order valence-corrected chi connectivity index (χ3v) is 4.04. The van der Waals surface area contributed by atoms with Crippen LogP contribution < -0.4 is 0 Å². The lowest BCUT2D eigenvalue weighted by Crippen LogP contribution is -2.40. The topological polar surface area (TPSA) is 46.1 Å². The molecule has 0 aliphatic heterocycles. The van der Waals surface area contributed by atoms with Crippen LogP contribution in [0.1, 0.15) is 47.4 Å². The molecule has 0 unspecified atom stereocenters. The summed E-state index contributed by atoms with van der Waals surface area (Å²) in [6, 6.07) is 2.24. The number of carbonyl (C=O) groups is 1. The van der Waals surface area contributed by atoms with Crippen molar-refractivity contribution >= 4 is 21.8 Å². The van der Waals surface area contributed by atoms with Crippen molar-refractivity contribution in [3.63, 3.8) is 0 Å². The van der Waals surface area contributed by atoms with E-state index in [0.717, 1.165) is 30.4 Å². The number of hydrogen-bond acceptors (Lipinski definition) is 3. The van der Waals surface area contributed by atoms with Crippen molar-refractivity contribution < 1.29 is 4.79 Å². The molecule has 0 radical (unpaired) electrons. The normalized spacial score (nSPS) is 15.7. The maximum absolute atomic E-state index is 12.7. The molecular weight excluding hydrogens is 306 g/mol. The molecule has 0 spiro atoms.